The van der Waals surface area contributed by atoms with E-state index in [2.05, 4.69) is 92.1 Å². The zero-order chi connectivity index (χ0) is 59.5. The molecule has 0 saturated carbocycles. The minimum absolute atomic E-state index is 0.251. The van der Waals surface area contributed by atoms with Crippen LogP contribution in [0.1, 0.15) is 245 Å². The van der Waals surface area contributed by atoms with Crippen molar-refractivity contribution >= 4 is 5.91 Å². The van der Waals surface area contributed by atoms with Crippen LogP contribution in [0, 0.1) is 0 Å². The van der Waals surface area contributed by atoms with Gasteiger partial charge in [0.15, 0.2) is 12.6 Å². The Morgan fingerprint density at radius 1 is 0.451 bits per heavy atom. The van der Waals surface area contributed by atoms with Crippen LogP contribution in [0.3, 0.4) is 0 Å². The van der Waals surface area contributed by atoms with Gasteiger partial charge in [-0.15, -0.1) is 0 Å². The maximum Gasteiger partial charge on any atom is 0.220 e. The van der Waals surface area contributed by atoms with Gasteiger partial charge >= 0.3 is 0 Å². The molecular weight excluding hydrogens is 1040 g/mol. The summed E-state index contributed by atoms with van der Waals surface area (Å²) in [6.07, 6.45) is 55.5. The average molecular weight is 1160 g/mol. The fourth-order valence-corrected chi connectivity index (χ4v) is 10.3. The molecule has 14 heteroatoms. The van der Waals surface area contributed by atoms with Crippen molar-refractivity contribution < 1.29 is 64.6 Å². The summed E-state index contributed by atoms with van der Waals surface area (Å²) in [7, 11) is 0. The van der Waals surface area contributed by atoms with E-state index in [-0.39, 0.29) is 18.9 Å². The zero-order valence-corrected chi connectivity index (χ0v) is 51.2. The summed E-state index contributed by atoms with van der Waals surface area (Å²) in [5.41, 5.74) is 0. The SMILES string of the molecule is CC/C=C\C/C=C\C/C=C\C/C=C\C/C=C\CCCCCCCCCCCCCCCCCCCCCCCCCC(=O)NC(COC1OC(CO)C(OC2OC(CO)C(O)C(O)C2O)C(O)C1O)C(O)/C=C/CC/C=C/CCCCC. The van der Waals surface area contributed by atoms with Gasteiger partial charge < -0.3 is 65.1 Å². The van der Waals surface area contributed by atoms with Gasteiger partial charge in [-0.25, -0.2) is 0 Å². The average Bonchev–Trinajstić information content (AvgIpc) is 3.38. The van der Waals surface area contributed by atoms with E-state index < -0.39 is 86.8 Å². The van der Waals surface area contributed by atoms with E-state index in [1.165, 1.54) is 141 Å². The summed E-state index contributed by atoms with van der Waals surface area (Å²) in [6.45, 7) is 2.60. The van der Waals surface area contributed by atoms with Crippen LogP contribution in [0.15, 0.2) is 85.1 Å². The predicted molar refractivity (Wildman–Crippen MR) is 332 cm³/mol. The van der Waals surface area contributed by atoms with Crippen LogP contribution in [-0.2, 0) is 23.7 Å². The van der Waals surface area contributed by atoms with E-state index in [0.29, 0.717) is 12.8 Å². The van der Waals surface area contributed by atoms with Gasteiger partial charge in [-0.1, -0.05) is 247 Å². The van der Waals surface area contributed by atoms with Crippen LogP contribution in [0.5, 0.6) is 0 Å². The Bertz CT molecular complexity index is 1700. The molecule has 9 N–H and O–H groups in total. The Morgan fingerprint density at radius 2 is 0.854 bits per heavy atom. The van der Waals surface area contributed by atoms with Gasteiger partial charge in [0, 0.05) is 6.42 Å². The lowest BCUT2D eigenvalue weighted by atomic mass is 9.97. The minimum Gasteiger partial charge on any atom is -0.394 e. The fourth-order valence-electron chi connectivity index (χ4n) is 10.3. The predicted octanol–water partition coefficient (Wildman–Crippen LogP) is 12.4. The zero-order valence-electron chi connectivity index (χ0n) is 51.2. The summed E-state index contributed by atoms with van der Waals surface area (Å²) in [5, 5.41) is 86.8. The Kier molecular flexibility index (Phi) is 48.2. The molecule has 2 fully saturated rings. The van der Waals surface area contributed by atoms with Crippen molar-refractivity contribution in [2.75, 3.05) is 19.8 Å². The quantitative estimate of drug-likeness (QED) is 0.0204. The highest BCUT2D eigenvalue weighted by Crippen LogP contribution is 2.30. The molecule has 1 amide bonds. The van der Waals surface area contributed by atoms with Gasteiger partial charge in [0.25, 0.3) is 0 Å². The van der Waals surface area contributed by atoms with E-state index in [4.69, 9.17) is 18.9 Å². The van der Waals surface area contributed by atoms with Crippen molar-refractivity contribution in [3.05, 3.63) is 85.1 Å². The Morgan fingerprint density at radius 3 is 1.34 bits per heavy atom. The molecule has 0 spiro atoms. The van der Waals surface area contributed by atoms with Crippen LogP contribution in [-0.4, -0.2) is 140 Å². The molecule has 474 valence electrons. The molecule has 2 aliphatic heterocycles. The number of carbonyl (C=O) groups is 1. The van der Waals surface area contributed by atoms with Crippen molar-refractivity contribution in [3.63, 3.8) is 0 Å². The molecule has 14 nitrogen and oxygen atoms in total. The Balaban J connectivity index is 1.53. The summed E-state index contributed by atoms with van der Waals surface area (Å²) in [5.74, 6) is -0.251. The number of aliphatic hydroxyl groups excluding tert-OH is 8. The number of ether oxygens (including phenoxy) is 4. The first-order valence-electron chi connectivity index (χ1n) is 32.8. The van der Waals surface area contributed by atoms with E-state index in [1.807, 2.05) is 6.08 Å². The first kappa shape index (κ1) is 75.3. The van der Waals surface area contributed by atoms with Crippen molar-refractivity contribution in [1.29, 1.82) is 0 Å². The van der Waals surface area contributed by atoms with Gasteiger partial charge in [0.1, 0.15) is 48.8 Å². The van der Waals surface area contributed by atoms with Gasteiger partial charge in [-0.05, 0) is 77.0 Å². The van der Waals surface area contributed by atoms with Crippen LogP contribution in [0.25, 0.3) is 0 Å². The standard InChI is InChI=1S/C68H119NO13/c1-3-5-7-9-11-13-14-15-16-17-18-19-20-21-22-23-24-25-26-27-28-29-30-31-32-33-34-35-36-37-38-39-40-41-42-44-46-48-50-52-60(73)69-56(57(72)51-49-47-45-43-12-10-8-6-4-2)55-79-67-65(78)63(76)66(59(54-71)81-67)82-68-64(77)62(75)61(74)58(53-70)80-68/h5,7,11-13,15-16,18-19,21-22,43,49,51,56-59,61-68,70-72,74-78H,3-4,6,8-10,14,17,20,23-42,44-48,50,52-55H2,1-2H3,(H,69,73)/b7-5-,13-11-,16-15-,19-18-,22-21-,43-12+,51-49+. The van der Waals surface area contributed by atoms with Gasteiger partial charge in [0.2, 0.25) is 5.91 Å². The van der Waals surface area contributed by atoms with Gasteiger partial charge in [-0.3, -0.25) is 4.79 Å². The maximum atomic E-state index is 13.2. The Labute approximate surface area is 497 Å². The molecule has 12 atom stereocenters. The van der Waals surface area contributed by atoms with Crippen molar-refractivity contribution in [3.8, 4) is 0 Å². The largest absolute Gasteiger partial charge is 0.394 e. The van der Waals surface area contributed by atoms with Gasteiger partial charge in [-0.2, -0.15) is 0 Å². The second-order valence-electron chi connectivity index (χ2n) is 22.9. The number of unbranched alkanes of at least 4 members (excludes halogenated alkanes) is 27. The monoisotopic (exact) mass is 1160 g/mol. The summed E-state index contributed by atoms with van der Waals surface area (Å²) < 4.78 is 22.7. The topological polar surface area (TPSA) is 228 Å². The number of amides is 1. The lowest BCUT2D eigenvalue weighted by Crippen LogP contribution is -2.65. The summed E-state index contributed by atoms with van der Waals surface area (Å²) in [4.78, 5) is 13.2. The number of hydrogen-bond acceptors (Lipinski definition) is 13. The molecule has 2 aliphatic rings. The number of hydrogen-bond donors (Lipinski definition) is 9. The first-order chi connectivity index (χ1) is 40.1. The summed E-state index contributed by atoms with van der Waals surface area (Å²) >= 11 is 0. The minimum atomic E-state index is -1.79. The van der Waals surface area contributed by atoms with Crippen molar-refractivity contribution in [1.82, 2.24) is 5.32 Å². The van der Waals surface area contributed by atoms with E-state index in [1.54, 1.807) is 6.08 Å². The molecule has 0 aromatic carbocycles. The lowest BCUT2D eigenvalue weighted by molar-refractivity contribution is -0.359. The Hall–Kier alpha value is -2.83. The van der Waals surface area contributed by atoms with E-state index in [9.17, 15) is 45.6 Å². The van der Waals surface area contributed by atoms with E-state index in [0.717, 1.165) is 70.6 Å². The third kappa shape index (κ3) is 36.9. The molecule has 0 aromatic rings. The highest BCUT2D eigenvalue weighted by Gasteiger charge is 2.51. The number of allylic oxidation sites excluding steroid dienone is 13. The first-order valence-corrected chi connectivity index (χ1v) is 32.8. The summed E-state index contributed by atoms with van der Waals surface area (Å²) in [6, 6.07) is -0.930. The second kappa shape index (κ2) is 52.5. The normalized spacial score (nSPS) is 24.5. The molecule has 2 saturated heterocycles. The maximum absolute atomic E-state index is 13.2. The fraction of sp³-hybridized carbons (Fsp3) is 0.779. The molecule has 12 unspecified atom stereocenters. The number of nitrogens with one attached hydrogen (secondary N) is 1. The molecule has 82 heavy (non-hydrogen) atoms. The molecule has 0 aromatic heterocycles. The number of carbonyl (C=O) groups excluding carboxylic acids is 1. The van der Waals surface area contributed by atoms with Crippen LogP contribution >= 0.6 is 0 Å². The smallest absolute Gasteiger partial charge is 0.220 e. The highest BCUT2D eigenvalue weighted by molar-refractivity contribution is 5.76. The highest BCUT2D eigenvalue weighted by atomic mass is 16.7. The van der Waals surface area contributed by atoms with Crippen LogP contribution in [0.4, 0.5) is 0 Å². The molecule has 2 rings (SSSR count). The van der Waals surface area contributed by atoms with Crippen LogP contribution in [0.2, 0.25) is 0 Å². The van der Waals surface area contributed by atoms with Crippen molar-refractivity contribution in [2.45, 2.75) is 319 Å². The number of rotatable bonds is 52. The van der Waals surface area contributed by atoms with Crippen molar-refractivity contribution in [2.24, 2.45) is 0 Å². The molecule has 0 aliphatic carbocycles. The lowest BCUT2D eigenvalue weighted by Gasteiger charge is -2.46. The molecule has 2 heterocycles. The third-order valence-corrected chi connectivity index (χ3v) is 15.6. The van der Waals surface area contributed by atoms with E-state index >= 15 is 0 Å². The van der Waals surface area contributed by atoms with Gasteiger partial charge in [0.05, 0.1) is 32.0 Å². The molecular formula is C68H119NO13. The molecule has 0 bridgehead atoms. The van der Waals surface area contributed by atoms with Crippen LogP contribution < -0.4 is 5.32 Å². The molecule has 0 radical (unpaired) electrons. The second-order valence-corrected chi connectivity index (χ2v) is 22.9. The number of aliphatic hydroxyl groups is 8. The third-order valence-electron chi connectivity index (χ3n) is 15.6.